The zero-order valence-corrected chi connectivity index (χ0v) is 20.9. The highest BCUT2D eigenvalue weighted by molar-refractivity contribution is 5.89. The van der Waals surface area contributed by atoms with Crippen molar-refractivity contribution in [3.63, 3.8) is 0 Å². The quantitative estimate of drug-likeness (QED) is 0.244. The summed E-state index contributed by atoms with van der Waals surface area (Å²) < 4.78 is 17.5. The average Bonchev–Trinajstić information content (AvgIpc) is 2.91. The molecule has 0 bridgehead atoms. The number of aryl methyl sites for hydroxylation is 2. The van der Waals surface area contributed by atoms with E-state index in [1.165, 1.54) is 0 Å². The van der Waals surface area contributed by atoms with E-state index in [1.807, 2.05) is 86.6 Å². The van der Waals surface area contributed by atoms with Gasteiger partial charge in [-0.05, 0) is 66.4 Å². The minimum absolute atomic E-state index is 0.133. The van der Waals surface area contributed by atoms with E-state index in [2.05, 4.69) is 0 Å². The third-order valence-electron chi connectivity index (χ3n) is 6.35. The van der Waals surface area contributed by atoms with E-state index in [0.29, 0.717) is 22.3 Å². The lowest BCUT2D eigenvalue weighted by molar-refractivity contribution is -0.135. The highest BCUT2D eigenvalue weighted by atomic mass is 16.5. The highest BCUT2D eigenvalue weighted by Crippen LogP contribution is 2.35. The summed E-state index contributed by atoms with van der Waals surface area (Å²) in [5, 5.41) is 0.390. The molecule has 0 aliphatic carbocycles. The molecule has 4 aromatic carbocycles. The van der Waals surface area contributed by atoms with Crippen LogP contribution in [0.1, 0.15) is 28.2 Å². The summed E-state index contributed by atoms with van der Waals surface area (Å²) in [6, 6.07) is 29.6. The molecule has 5 nitrogen and oxygen atoms in total. The van der Waals surface area contributed by atoms with Crippen LogP contribution in [-0.2, 0) is 4.79 Å². The van der Waals surface area contributed by atoms with Crippen LogP contribution < -0.4 is 14.9 Å². The smallest absolute Gasteiger partial charge is 0.323 e. The maximum Gasteiger partial charge on any atom is 0.323 e. The van der Waals surface area contributed by atoms with Gasteiger partial charge in [0.25, 0.3) is 0 Å². The van der Waals surface area contributed by atoms with Gasteiger partial charge in [-0.1, -0.05) is 66.7 Å². The number of carbonyl (C=O) groups excluding carboxylic acids is 1. The Morgan fingerprint density at radius 2 is 1.41 bits per heavy atom. The SMILES string of the molecule is COc1ccc(-c2oc3cc(C)cc(C)c3c(=O)c2OC(=O)C(c2ccccc2)c2ccccc2)cc1. The molecule has 0 unspecified atom stereocenters. The lowest BCUT2D eigenvalue weighted by Gasteiger charge is -2.18. The number of fused-ring (bicyclic) bond motifs is 1. The third kappa shape index (κ3) is 4.76. The first-order valence-electron chi connectivity index (χ1n) is 12.0. The van der Waals surface area contributed by atoms with Gasteiger partial charge < -0.3 is 13.9 Å². The van der Waals surface area contributed by atoms with Crippen LogP contribution in [0.15, 0.2) is 106 Å². The van der Waals surface area contributed by atoms with Crippen LogP contribution in [-0.4, -0.2) is 13.1 Å². The number of benzene rings is 4. The van der Waals surface area contributed by atoms with Crippen LogP contribution in [0.5, 0.6) is 11.5 Å². The molecule has 0 amide bonds. The van der Waals surface area contributed by atoms with Crippen LogP contribution in [0.2, 0.25) is 0 Å². The maximum absolute atomic E-state index is 13.8. The number of carbonyl (C=O) groups is 1. The molecule has 184 valence electrons. The number of methoxy groups -OCH3 is 1. The topological polar surface area (TPSA) is 65.7 Å². The summed E-state index contributed by atoms with van der Waals surface area (Å²) in [5.41, 5.74) is 3.89. The number of hydrogen-bond acceptors (Lipinski definition) is 5. The van der Waals surface area contributed by atoms with Gasteiger partial charge in [-0.2, -0.15) is 0 Å². The molecule has 1 aromatic heterocycles. The first kappa shape index (κ1) is 24.1. The predicted octanol–water partition coefficient (Wildman–Crippen LogP) is 6.82. The molecule has 0 atom stereocenters. The van der Waals surface area contributed by atoms with Gasteiger partial charge in [0.2, 0.25) is 11.2 Å². The lowest BCUT2D eigenvalue weighted by atomic mass is 9.91. The summed E-state index contributed by atoms with van der Waals surface area (Å²) in [6.07, 6.45) is 0. The second-order valence-electron chi connectivity index (χ2n) is 8.95. The Morgan fingerprint density at radius 3 is 1.97 bits per heavy atom. The van der Waals surface area contributed by atoms with Crippen LogP contribution >= 0.6 is 0 Å². The van der Waals surface area contributed by atoms with Crippen LogP contribution in [0.25, 0.3) is 22.3 Å². The summed E-state index contributed by atoms with van der Waals surface area (Å²) in [7, 11) is 1.58. The summed E-state index contributed by atoms with van der Waals surface area (Å²) in [5.74, 6) is -0.570. The molecule has 5 aromatic rings. The van der Waals surface area contributed by atoms with Gasteiger partial charge in [0.1, 0.15) is 17.3 Å². The first-order chi connectivity index (χ1) is 18.0. The number of rotatable bonds is 6. The molecule has 1 heterocycles. The van der Waals surface area contributed by atoms with Gasteiger partial charge in [-0.25, -0.2) is 0 Å². The van der Waals surface area contributed by atoms with Gasteiger partial charge >= 0.3 is 5.97 Å². The Morgan fingerprint density at radius 1 is 0.811 bits per heavy atom. The van der Waals surface area contributed by atoms with Crippen molar-refractivity contribution in [1.29, 1.82) is 0 Å². The molecular weight excluding hydrogens is 464 g/mol. The molecule has 0 saturated heterocycles. The fourth-order valence-electron chi connectivity index (χ4n) is 4.61. The Labute approximate surface area is 214 Å². The van der Waals surface area contributed by atoms with E-state index in [1.54, 1.807) is 31.4 Å². The predicted molar refractivity (Wildman–Crippen MR) is 144 cm³/mol. The Balaban J connectivity index is 1.69. The van der Waals surface area contributed by atoms with E-state index in [4.69, 9.17) is 13.9 Å². The van der Waals surface area contributed by atoms with Crippen molar-refractivity contribution < 1.29 is 18.7 Å². The molecule has 0 N–H and O–H groups in total. The minimum Gasteiger partial charge on any atom is -0.497 e. The first-order valence-corrected chi connectivity index (χ1v) is 12.0. The zero-order valence-electron chi connectivity index (χ0n) is 20.9. The molecule has 5 heteroatoms. The van der Waals surface area contributed by atoms with Crippen molar-refractivity contribution in [3.05, 3.63) is 130 Å². The Kier molecular flexibility index (Phi) is 6.60. The van der Waals surface area contributed by atoms with Crippen molar-refractivity contribution in [1.82, 2.24) is 0 Å². The maximum atomic E-state index is 13.8. The molecule has 0 aliphatic heterocycles. The van der Waals surface area contributed by atoms with Gasteiger partial charge in [0.15, 0.2) is 5.76 Å². The monoisotopic (exact) mass is 490 g/mol. The van der Waals surface area contributed by atoms with Crippen LogP contribution in [0, 0.1) is 13.8 Å². The normalized spacial score (nSPS) is 11.0. The second kappa shape index (κ2) is 10.2. The van der Waals surface area contributed by atoms with E-state index >= 15 is 0 Å². The lowest BCUT2D eigenvalue weighted by Crippen LogP contribution is -2.23. The molecule has 5 rings (SSSR count). The number of ether oxygens (including phenoxy) is 2. The van der Waals surface area contributed by atoms with E-state index in [0.717, 1.165) is 22.3 Å². The van der Waals surface area contributed by atoms with Gasteiger partial charge in [0, 0.05) is 5.56 Å². The summed E-state index contributed by atoms with van der Waals surface area (Å²) in [4.78, 5) is 27.6. The summed E-state index contributed by atoms with van der Waals surface area (Å²) >= 11 is 0. The number of hydrogen-bond donors (Lipinski definition) is 0. The third-order valence-corrected chi connectivity index (χ3v) is 6.35. The fraction of sp³-hybridized carbons (Fsp3) is 0.125. The molecule has 37 heavy (non-hydrogen) atoms. The van der Waals surface area contributed by atoms with Gasteiger partial charge in [0.05, 0.1) is 12.5 Å². The Hall–Kier alpha value is -4.64. The van der Waals surface area contributed by atoms with Crippen molar-refractivity contribution >= 4 is 16.9 Å². The van der Waals surface area contributed by atoms with Crippen molar-refractivity contribution in [2.24, 2.45) is 0 Å². The van der Waals surface area contributed by atoms with Gasteiger partial charge in [-0.15, -0.1) is 0 Å². The minimum atomic E-state index is -0.722. The molecule has 0 saturated carbocycles. The van der Waals surface area contributed by atoms with E-state index < -0.39 is 17.3 Å². The molecule has 0 radical (unpaired) electrons. The fourth-order valence-corrected chi connectivity index (χ4v) is 4.61. The largest absolute Gasteiger partial charge is 0.497 e. The zero-order chi connectivity index (χ0) is 25.9. The summed E-state index contributed by atoms with van der Waals surface area (Å²) in [6.45, 7) is 3.79. The highest BCUT2D eigenvalue weighted by Gasteiger charge is 2.28. The second-order valence-corrected chi connectivity index (χ2v) is 8.95. The van der Waals surface area contributed by atoms with Gasteiger partial charge in [-0.3, -0.25) is 9.59 Å². The van der Waals surface area contributed by atoms with E-state index in [9.17, 15) is 9.59 Å². The number of esters is 1. The van der Waals surface area contributed by atoms with Crippen LogP contribution in [0.3, 0.4) is 0 Å². The Bertz CT molecular complexity index is 1580. The van der Waals surface area contributed by atoms with E-state index in [-0.39, 0.29) is 11.5 Å². The van der Waals surface area contributed by atoms with Crippen molar-refractivity contribution in [3.8, 4) is 22.8 Å². The molecular formula is C32H26O5. The molecule has 0 aliphatic rings. The molecule has 0 spiro atoms. The standard InChI is InChI=1S/C32H26O5/c1-20-18-21(2)27-26(19-20)36-30(24-14-16-25(35-3)17-15-24)31(29(27)33)37-32(34)28(22-10-6-4-7-11-22)23-12-8-5-9-13-23/h4-19,28H,1-3H3. The van der Waals surface area contributed by atoms with Crippen molar-refractivity contribution in [2.75, 3.05) is 7.11 Å². The molecule has 0 fully saturated rings. The van der Waals surface area contributed by atoms with Crippen molar-refractivity contribution in [2.45, 2.75) is 19.8 Å². The van der Waals surface area contributed by atoms with Crippen LogP contribution in [0.4, 0.5) is 0 Å². The average molecular weight is 491 g/mol.